The first-order chi connectivity index (χ1) is 14.6. The number of benzene rings is 1. The molecule has 0 unspecified atom stereocenters. The highest BCUT2D eigenvalue weighted by molar-refractivity contribution is 6.46. The lowest BCUT2D eigenvalue weighted by molar-refractivity contribution is -0.139. The third-order valence-electron chi connectivity index (χ3n) is 5.05. The molecule has 1 N–H and O–H groups in total. The van der Waals surface area contributed by atoms with E-state index in [0.29, 0.717) is 25.1 Å². The van der Waals surface area contributed by atoms with Crippen molar-refractivity contribution in [1.82, 2.24) is 19.4 Å². The van der Waals surface area contributed by atoms with Crippen molar-refractivity contribution in [2.45, 2.75) is 19.0 Å². The lowest BCUT2D eigenvalue weighted by Crippen LogP contribution is -2.31. The van der Waals surface area contributed by atoms with Gasteiger partial charge >= 0.3 is 0 Å². The summed E-state index contributed by atoms with van der Waals surface area (Å²) in [5.41, 5.74) is 0.919. The lowest BCUT2D eigenvalue weighted by Gasteiger charge is -2.25. The molecule has 1 amide bonds. The van der Waals surface area contributed by atoms with E-state index < -0.39 is 23.5 Å². The van der Waals surface area contributed by atoms with Crippen molar-refractivity contribution in [3.8, 4) is 0 Å². The van der Waals surface area contributed by atoms with Crippen molar-refractivity contribution in [2.75, 3.05) is 6.54 Å². The van der Waals surface area contributed by atoms with Crippen LogP contribution in [0.1, 0.15) is 23.6 Å². The van der Waals surface area contributed by atoms with Gasteiger partial charge in [-0.2, -0.15) is 0 Å². The van der Waals surface area contributed by atoms with E-state index in [2.05, 4.69) is 9.97 Å². The Hall–Kier alpha value is -3.81. The van der Waals surface area contributed by atoms with Gasteiger partial charge in [0.25, 0.3) is 11.7 Å². The largest absolute Gasteiger partial charge is 0.507 e. The summed E-state index contributed by atoms with van der Waals surface area (Å²) >= 11 is 0. The molecule has 0 bridgehead atoms. The number of halogens is 1. The molecular weight excluding hydrogens is 387 g/mol. The number of imidazole rings is 1. The van der Waals surface area contributed by atoms with E-state index in [0.717, 1.165) is 0 Å². The Bertz CT molecular complexity index is 1080. The Balaban J connectivity index is 1.71. The van der Waals surface area contributed by atoms with E-state index in [1.54, 1.807) is 37.1 Å². The third-order valence-corrected chi connectivity index (χ3v) is 5.05. The number of aryl methyl sites for hydroxylation is 1. The third kappa shape index (κ3) is 3.71. The molecule has 0 spiro atoms. The maximum Gasteiger partial charge on any atom is 0.295 e. The molecule has 1 saturated heterocycles. The second kappa shape index (κ2) is 8.28. The number of aliphatic hydroxyl groups is 1. The van der Waals surface area contributed by atoms with Gasteiger partial charge in [0, 0.05) is 43.4 Å². The Morgan fingerprint density at radius 3 is 2.40 bits per heavy atom. The summed E-state index contributed by atoms with van der Waals surface area (Å²) in [6.07, 6.45) is 8.91. The van der Waals surface area contributed by atoms with Crippen LogP contribution in [-0.2, 0) is 16.1 Å². The average molecular weight is 406 g/mol. The SMILES string of the molecule is O=C1C(=O)N(CCCn2ccnc2)[C@@H](c2ccncc2)/C1=C(\O)c1ccc(F)cc1. The number of Topliss-reactive ketones (excluding diaryl/α,β-unsaturated/α-hetero) is 1. The molecule has 0 radical (unpaired) electrons. The van der Waals surface area contributed by atoms with E-state index in [1.165, 1.54) is 29.2 Å². The molecule has 1 aromatic carbocycles. The fraction of sp³-hybridized carbons (Fsp3) is 0.182. The topological polar surface area (TPSA) is 88.3 Å². The van der Waals surface area contributed by atoms with Crippen LogP contribution >= 0.6 is 0 Å². The van der Waals surface area contributed by atoms with E-state index in [9.17, 15) is 19.1 Å². The fourth-order valence-corrected chi connectivity index (χ4v) is 3.61. The van der Waals surface area contributed by atoms with Crippen LogP contribution in [-0.4, -0.2) is 42.8 Å². The quantitative estimate of drug-likeness (QED) is 0.386. The van der Waals surface area contributed by atoms with Crippen LogP contribution in [0, 0.1) is 5.82 Å². The van der Waals surface area contributed by atoms with Gasteiger partial charge in [-0.15, -0.1) is 0 Å². The number of aliphatic hydroxyl groups excluding tert-OH is 1. The minimum absolute atomic E-state index is 0.0135. The summed E-state index contributed by atoms with van der Waals surface area (Å²) in [6.45, 7) is 0.944. The smallest absolute Gasteiger partial charge is 0.295 e. The summed E-state index contributed by atoms with van der Waals surface area (Å²) < 4.78 is 15.2. The highest BCUT2D eigenvalue weighted by Gasteiger charge is 2.45. The molecular formula is C22H19FN4O3. The first-order valence-electron chi connectivity index (χ1n) is 9.46. The van der Waals surface area contributed by atoms with Crippen LogP contribution in [0.5, 0.6) is 0 Å². The second-order valence-corrected chi connectivity index (χ2v) is 6.93. The van der Waals surface area contributed by atoms with Gasteiger partial charge in [0.1, 0.15) is 11.6 Å². The van der Waals surface area contributed by atoms with Gasteiger partial charge in [0.05, 0.1) is 17.9 Å². The fourth-order valence-electron chi connectivity index (χ4n) is 3.61. The zero-order valence-corrected chi connectivity index (χ0v) is 16.0. The number of likely N-dealkylation sites (tertiary alicyclic amines) is 1. The van der Waals surface area contributed by atoms with Gasteiger partial charge in [0.2, 0.25) is 0 Å². The zero-order valence-electron chi connectivity index (χ0n) is 16.0. The standard InChI is InChI=1S/C22H19FN4O3/c23-17-4-2-16(3-5-17)20(28)18-19(15-6-8-24-9-7-15)27(22(30)21(18)29)12-1-11-26-13-10-25-14-26/h2-10,13-14,19,28H,1,11-12H2/b20-18+/t19-/m0/s1. The number of ketones is 1. The summed E-state index contributed by atoms with van der Waals surface area (Å²) in [5, 5.41) is 10.9. The summed E-state index contributed by atoms with van der Waals surface area (Å²) in [5.74, 6) is -2.23. The number of rotatable bonds is 6. The number of aromatic nitrogens is 3. The predicted molar refractivity (Wildman–Crippen MR) is 106 cm³/mol. The normalized spacial score (nSPS) is 18.2. The van der Waals surface area contributed by atoms with Crippen molar-refractivity contribution >= 4 is 17.4 Å². The average Bonchev–Trinajstić information content (AvgIpc) is 3.37. The molecule has 1 atom stereocenters. The number of nitrogens with zero attached hydrogens (tertiary/aromatic N) is 4. The van der Waals surface area contributed by atoms with Gasteiger partial charge in [-0.25, -0.2) is 9.37 Å². The molecule has 4 rings (SSSR count). The minimum atomic E-state index is -0.763. The van der Waals surface area contributed by atoms with Crippen LogP contribution in [0.25, 0.3) is 5.76 Å². The number of carbonyl (C=O) groups excluding carboxylic acids is 2. The number of carbonyl (C=O) groups is 2. The molecule has 1 aliphatic rings. The first-order valence-corrected chi connectivity index (χ1v) is 9.46. The minimum Gasteiger partial charge on any atom is -0.507 e. The molecule has 152 valence electrons. The Labute approximate surface area is 172 Å². The van der Waals surface area contributed by atoms with Crippen LogP contribution in [0.4, 0.5) is 4.39 Å². The van der Waals surface area contributed by atoms with Crippen molar-refractivity contribution in [3.05, 3.63) is 90.0 Å². The highest BCUT2D eigenvalue weighted by atomic mass is 19.1. The van der Waals surface area contributed by atoms with Crippen LogP contribution in [0.3, 0.4) is 0 Å². The Kier molecular flexibility index (Phi) is 5.38. The number of pyridine rings is 1. The van der Waals surface area contributed by atoms with Gasteiger partial charge < -0.3 is 14.6 Å². The molecule has 30 heavy (non-hydrogen) atoms. The summed E-state index contributed by atoms with van der Waals surface area (Å²) in [7, 11) is 0. The molecule has 0 aliphatic carbocycles. The Morgan fingerprint density at radius 2 is 1.73 bits per heavy atom. The van der Waals surface area contributed by atoms with E-state index in [4.69, 9.17) is 0 Å². The molecule has 3 heterocycles. The summed E-state index contributed by atoms with van der Waals surface area (Å²) in [4.78, 5) is 35.1. The maximum atomic E-state index is 13.3. The van der Waals surface area contributed by atoms with Crippen LogP contribution in [0.2, 0.25) is 0 Å². The molecule has 1 aliphatic heterocycles. The van der Waals surface area contributed by atoms with Gasteiger partial charge in [-0.3, -0.25) is 14.6 Å². The molecule has 0 saturated carbocycles. The molecule has 2 aromatic heterocycles. The van der Waals surface area contributed by atoms with Crippen molar-refractivity contribution < 1.29 is 19.1 Å². The first kappa shape index (κ1) is 19.5. The molecule has 3 aromatic rings. The van der Waals surface area contributed by atoms with Crippen molar-refractivity contribution in [1.29, 1.82) is 0 Å². The lowest BCUT2D eigenvalue weighted by atomic mass is 9.96. The molecule has 7 nitrogen and oxygen atoms in total. The number of hydrogen-bond acceptors (Lipinski definition) is 5. The van der Waals surface area contributed by atoms with Crippen molar-refractivity contribution in [2.24, 2.45) is 0 Å². The zero-order chi connectivity index (χ0) is 21.1. The Morgan fingerprint density at radius 1 is 1.00 bits per heavy atom. The number of amides is 1. The predicted octanol–water partition coefficient (Wildman–Crippen LogP) is 2.93. The van der Waals surface area contributed by atoms with E-state index >= 15 is 0 Å². The van der Waals surface area contributed by atoms with Crippen LogP contribution < -0.4 is 0 Å². The van der Waals surface area contributed by atoms with E-state index in [-0.39, 0.29) is 16.9 Å². The second-order valence-electron chi connectivity index (χ2n) is 6.93. The molecule has 8 heteroatoms. The summed E-state index contributed by atoms with van der Waals surface area (Å²) in [6, 6.07) is 7.80. The maximum absolute atomic E-state index is 13.3. The monoisotopic (exact) mass is 406 g/mol. The van der Waals surface area contributed by atoms with Crippen LogP contribution in [0.15, 0.2) is 73.1 Å². The van der Waals surface area contributed by atoms with E-state index in [1.807, 2.05) is 10.8 Å². The highest BCUT2D eigenvalue weighted by Crippen LogP contribution is 2.39. The van der Waals surface area contributed by atoms with Crippen molar-refractivity contribution in [3.63, 3.8) is 0 Å². The number of hydrogen-bond donors (Lipinski definition) is 1. The van der Waals surface area contributed by atoms with Gasteiger partial charge in [0.15, 0.2) is 0 Å². The van der Waals surface area contributed by atoms with Gasteiger partial charge in [-0.05, 0) is 48.4 Å². The van der Waals surface area contributed by atoms with Gasteiger partial charge in [-0.1, -0.05) is 0 Å². The molecule has 1 fully saturated rings.